The number of non-ortho nitro benzene ring substituents is 1. The van der Waals surface area contributed by atoms with Crippen molar-refractivity contribution in [3.8, 4) is 11.3 Å². The Bertz CT molecular complexity index is 927. The molecule has 0 fully saturated rings. The molecule has 2 heterocycles. The lowest BCUT2D eigenvalue weighted by molar-refractivity contribution is -0.385. The molecular formula is C12H7Br2N7O3. The minimum atomic E-state index is -0.476. The molecule has 0 unspecified atom stereocenters. The van der Waals surface area contributed by atoms with Crippen LogP contribution in [0, 0.1) is 10.1 Å². The lowest BCUT2D eigenvalue weighted by atomic mass is 10.1. The maximum Gasteiger partial charge on any atom is 0.271 e. The molecule has 0 radical (unpaired) electrons. The molecule has 0 atom stereocenters. The molecule has 3 rings (SSSR count). The van der Waals surface area contributed by atoms with Crippen LogP contribution < -0.4 is 5.73 Å². The summed E-state index contributed by atoms with van der Waals surface area (Å²) >= 11 is 6.63. The van der Waals surface area contributed by atoms with Gasteiger partial charge in [-0.15, -0.1) is 0 Å². The highest BCUT2D eigenvalue weighted by molar-refractivity contribution is 9.11. The quantitative estimate of drug-likeness (QED) is 0.361. The number of rotatable bonds is 4. The van der Waals surface area contributed by atoms with Crippen molar-refractivity contribution in [2.75, 3.05) is 5.73 Å². The molecule has 1 aromatic carbocycles. The van der Waals surface area contributed by atoms with Crippen LogP contribution in [0.1, 0.15) is 5.76 Å². The SMILES string of the molecule is Nc1nnnn1N=Cc1ccc(-c2c(Br)cc([N+](=O)[O-])cc2Br)o1. The molecule has 0 saturated heterocycles. The number of nitro groups is 1. The maximum atomic E-state index is 10.9. The van der Waals surface area contributed by atoms with Gasteiger partial charge in [0.25, 0.3) is 11.6 Å². The zero-order valence-electron chi connectivity index (χ0n) is 11.6. The van der Waals surface area contributed by atoms with Gasteiger partial charge in [-0.3, -0.25) is 10.1 Å². The van der Waals surface area contributed by atoms with Gasteiger partial charge in [-0.05, 0) is 54.4 Å². The number of aromatic nitrogens is 4. The van der Waals surface area contributed by atoms with Crippen molar-refractivity contribution in [3.63, 3.8) is 0 Å². The van der Waals surface area contributed by atoms with Crippen LogP contribution in [0.25, 0.3) is 11.3 Å². The molecule has 0 amide bonds. The van der Waals surface area contributed by atoms with Crippen molar-refractivity contribution in [2.24, 2.45) is 5.10 Å². The van der Waals surface area contributed by atoms with E-state index in [0.29, 0.717) is 26.0 Å². The molecule has 2 N–H and O–H groups in total. The Morgan fingerprint density at radius 1 is 1.33 bits per heavy atom. The Morgan fingerprint density at radius 2 is 2.04 bits per heavy atom. The van der Waals surface area contributed by atoms with Gasteiger partial charge >= 0.3 is 0 Å². The van der Waals surface area contributed by atoms with E-state index in [1.165, 1.54) is 18.3 Å². The fourth-order valence-electron chi connectivity index (χ4n) is 1.84. The Morgan fingerprint density at radius 3 is 2.62 bits per heavy atom. The fourth-order valence-corrected chi connectivity index (χ4v) is 3.39. The average molecular weight is 457 g/mol. The summed E-state index contributed by atoms with van der Waals surface area (Å²) in [7, 11) is 0. The molecule has 0 saturated carbocycles. The monoisotopic (exact) mass is 455 g/mol. The number of anilines is 1. The van der Waals surface area contributed by atoms with Crippen LogP contribution >= 0.6 is 31.9 Å². The summed E-state index contributed by atoms with van der Waals surface area (Å²) in [5.41, 5.74) is 6.09. The Balaban J connectivity index is 1.92. The fraction of sp³-hybridized carbons (Fsp3) is 0. The van der Waals surface area contributed by atoms with Crippen molar-refractivity contribution in [1.29, 1.82) is 0 Å². The molecule has 3 aromatic rings. The van der Waals surface area contributed by atoms with Gasteiger partial charge in [-0.2, -0.15) is 5.10 Å². The minimum Gasteiger partial charge on any atom is -0.455 e. The van der Waals surface area contributed by atoms with E-state index >= 15 is 0 Å². The highest BCUT2D eigenvalue weighted by Gasteiger charge is 2.17. The van der Waals surface area contributed by atoms with E-state index in [9.17, 15) is 10.1 Å². The summed E-state index contributed by atoms with van der Waals surface area (Å²) in [6.45, 7) is 0. The zero-order valence-corrected chi connectivity index (χ0v) is 14.8. The third-order valence-electron chi connectivity index (χ3n) is 2.88. The topological polar surface area (TPSA) is 138 Å². The number of hydrogen-bond acceptors (Lipinski definition) is 8. The Hall–Kier alpha value is -2.60. The first-order chi connectivity index (χ1) is 11.5. The summed E-state index contributed by atoms with van der Waals surface area (Å²) in [6.07, 6.45) is 1.39. The summed E-state index contributed by atoms with van der Waals surface area (Å²) in [5.74, 6) is 0.964. The molecule has 122 valence electrons. The first kappa shape index (κ1) is 16.3. The summed E-state index contributed by atoms with van der Waals surface area (Å²) < 4.78 is 6.71. The van der Waals surface area contributed by atoms with E-state index in [1.807, 2.05) is 0 Å². The number of nitrogens with two attached hydrogens (primary N) is 1. The lowest BCUT2D eigenvalue weighted by Gasteiger charge is -2.04. The second-order valence-corrected chi connectivity index (χ2v) is 6.12. The van der Waals surface area contributed by atoms with Gasteiger partial charge in [0, 0.05) is 26.6 Å². The van der Waals surface area contributed by atoms with Gasteiger partial charge in [-0.25, -0.2) is 0 Å². The Kier molecular flexibility index (Phi) is 4.40. The summed E-state index contributed by atoms with van der Waals surface area (Å²) in [4.78, 5) is 11.4. The molecule has 24 heavy (non-hydrogen) atoms. The van der Waals surface area contributed by atoms with Gasteiger partial charge in [-0.1, -0.05) is 9.89 Å². The van der Waals surface area contributed by atoms with E-state index in [4.69, 9.17) is 10.2 Å². The molecular weight excluding hydrogens is 450 g/mol. The third-order valence-corrected chi connectivity index (χ3v) is 4.13. The van der Waals surface area contributed by atoms with E-state index in [-0.39, 0.29) is 11.6 Å². The molecule has 0 aliphatic heterocycles. The minimum absolute atomic E-state index is 0.0406. The molecule has 0 bridgehead atoms. The zero-order chi connectivity index (χ0) is 17.3. The number of benzene rings is 1. The van der Waals surface area contributed by atoms with Gasteiger partial charge in [0.1, 0.15) is 11.5 Å². The van der Waals surface area contributed by atoms with Crippen molar-refractivity contribution < 1.29 is 9.34 Å². The molecule has 12 heteroatoms. The first-order valence-corrected chi connectivity index (χ1v) is 7.86. The normalized spacial score (nSPS) is 11.2. The van der Waals surface area contributed by atoms with Crippen molar-refractivity contribution >= 4 is 49.7 Å². The van der Waals surface area contributed by atoms with Crippen LogP contribution in [0.2, 0.25) is 0 Å². The third kappa shape index (κ3) is 3.19. The van der Waals surface area contributed by atoms with Gasteiger partial charge in [0.2, 0.25) is 0 Å². The Labute approximate surface area is 150 Å². The highest BCUT2D eigenvalue weighted by atomic mass is 79.9. The highest BCUT2D eigenvalue weighted by Crippen LogP contribution is 2.38. The predicted octanol–water partition coefficient (Wildman–Crippen LogP) is 2.83. The van der Waals surface area contributed by atoms with Crippen LogP contribution in [-0.2, 0) is 0 Å². The van der Waals surface area contributed by atoms with E-state index < -0.39 is 4.92 Å². The van der Waals surface area contributed by atoms with Gasteiger partial charge in [0.05, 0.1) is 11.1 Å². The molecule has 10 nitrogen and oxygen atoms in total. The molecule has 0 aliphatic rings. The maximum absolute atomic E-state index is 10.9. The summed E-state index contributed by atoms with van der Waals surface area (Å²) in [6, 6.07) is 6.19. The van der Waals surface area contributed by atoms with Crippen LogP contribution in [0.5, 0.6) is 0 Å². The number of nitrogens with zero attached hydrogens (tertiary/aromatic N) is 6. The number of tetrazole rings is 1. The summed E-state index contributed by atoms with van der Waals surface area (Å²) in [5, 5.41) is 25.2. The largest absolute Gasteiger partial charge is 0.455 e. The number of furan rings is 1. The number of nitrogen functional groups attached to an aromatic ring is 1. The molecule has 2 aromatic heterocycles. The number of nitro benzene ring substituents is 1. The standard InChI is InChI=1S/C12H7Br2N7O3/c13-8-3-6(21(22)23)4-9(14)11(8)10-2-1-7(24-10)5-16-20-12(15)17-18-19-20/h1-5H,(H2,15,17,19). The average Bonchev–Trinajstić information content (AvgIpc) is 3.13. The van der Waals surface area contributed by atoms with Crippen molar-refractivity contribution in [2.45, 2.75) is 0 Å². The van der Waals surface area contributed by atoms with E-state index in [0.717, 1.165) is 4.79 Å². The molecule has 0 aliphatic carbocycles. The van der Waals surface area contributed by atoms with E-state index in [1.54, 1.807) is 12.1 Å². The van der Waals surface area contributed by atoms with Crippen LogP contribution in [-0.4, -0.2) is 31.5 Å². The van der Waals surface area contributed by atoms with Gasteiger partial charge in [0.15, 0.2) is 0 Å². The molecule has 0 spiro atoms. The number of halogens is 2. The van der Waals surface area contributed by atoms with Crippen molar-refractivity contribution in [1.82, 2.24) is 20.3 Å². The number of hydrogen-bond donors (Lipinski definition) is 1. The van der Waals surface area contributed by atoms with Crippen LogP contribution in [0.4, 0.5) is 11.6 Å². The lowest BCUT2D eigenvalue weighted by Crippen LogP contribution is -1.99. The second kappa shape index (κ2) is 6.49. The van der Waals surface area contributed by atoms with Crippen LogP contribution in [0.3, 0.4) is 0 Å². The van der Waals surface area contributed by atoms with E-state index in [2.05, 4.69) is 52.5 Å². The van der Waals surface area contributed by atoms with Gasteiger partial charge < -0.3 is 10.2 Å². The smallest absolute Gasteiger partial charge is 0.271 e. The first-order valence-electron chi connectivity index (χ1n) is 6.27. The van der Waals surface area contributed by atoms with Crippen molar-refractivity contribution in [3.05, 3.63) is 49.1 Å². The van der Waals surface area contributed by atoms with Crippen LogP contribution in [0.15, 0.2) is 42.7 Å². The predicted molar refractivity (Wildman–Crippen MR) is 91.4 cm³/mol. The second-order valence-electron chi connectivity index (χ2n) is 4.41.